The lowest BCUT2D eigenvalue weighted by molar-refractivity contribution is 0.0859. The lowest BCUT2D eigenvalue weighted by Crippen LogP contribution is -2.20. The number of halogens is 1. The van der Waals surface area contributed by atoms with Crippen LogP contribution in [0.15, 0.2) is 42.5 Å². The monoisotopic (exact) mass is 368 g/mol. The summed E-state index contributed by atoms with van der Waals surface area (Å²) >= 11 is 6.49. The van der Waals surface area contributed by atoms with Gasteiger partial charge in [-0.05, 0) is 34.5 Å². The Hall–Kier alpha value is -2.73. The fourth-order valence-electron chi connectivity index (χ4n) is 3.10. The molecule has 2 aromatic carbocycles. The van der Waals surface area contributed by atoms with Crippen molar-refractivity contribution in [3.8, 4) is 17.1 Å². The van der Waals surface area contributed by atoms with Gasteiger partial charge in [0.1, 0.15) is 12.4 Å². The minimum Gasteiger partial charge on any atom is -0.489 e. The summed E-state index contributed by atoms with van der Waals surface area (Å²) in [7, 11) is 0. The van der Waals surface area contributed by atoms with Gasteiger partial charge in [0.15, 0.2) is 5.78 Å². The lowest BCUT2D eigenvalue weighted by Gasteiger charge is -2.19. The third-order valence-corrected chi connectivity index (χ3v) is 5.50. The molecule has 0 amide bonds. The van der Waals surface area contributed by atoms with E-state index in [0.717, 1.165) is 16.7 Å². The highest BCUT2D eigenvalue weighted by Crippen LogP contribution is 2.49. The SMILES string of the molecule is CC1(C)C(=O)c2ccc(OCc3ccc(-c4nn[nH]n4)cc3)cc2C1Cl. The highest BCUT2D eigenvalue weighted by molar-refractivity contribution is 6.27. The molecule has 1 atom stereocenters. The highest BCUT2D eigenvalue weighted by Gasteiger charge is 2.45. The molecular formula is C19H17ClN4O2. The van der Waals surface area contributed by atoms with Crippen molar-refractivity contribution >= 4 is 17.4 Å². The first-order chi connectivity index (χ1) is 12.5. The van der Waals surface area contributed by atoms with Crippen molar-refractivity contribution in [3.63, 3.8) is 0 Å². The molecule has 1 aliphatic carbocycles. The molecule has 0 saturated carbocycles. The smallest absolute Gasteiger partial charge is 0.204 e. The number of aromatic amines is 1. The molecule has 26 heavy (non-hydrogen) atoms. The number of carbonyl (C=O) groups is 1. The van der Waals surface area contributed by atoms with Crippen molar-refractivity contribution in [2.45, 2.75) is 25.8 Å². The number of rotatable bonds is 4. The number of aromatic nitrogens is 4. The average Bonchev–Trinajstić information content (AvgIpc) is 3.24. The van der Waals surface area contributed by atoms with E-state index in [1.807, 2.05) is 50.2 Å². The Morgan fingerprint density at radius 3 is 2.65 bits per heavy atom. The van der Waals surface area contributed by atoms with Crippen molar-refractivity contribution in [2.24, 2.45) is 5.41 Å². The molecule has 3 aromatic rings. The summed E-state index contributed by atoms with van der Waals surface area (Å²) < 4.78 is 5.88. The molecule has 0 spiro atoms. The Kier molecular flexibility index (Phi) is 4.00. The first-order valence-corrected chi connectivity index (χ1v) is 8.69. The van der Waals surface area contributed by atoms with Gasteiger partial charge in [-0.25, -0.2) is 0 Å². The van der Waals surface area contributed by atoms with Gasteiger partial charge in [-0.15, -0.1) is 21.8 Å². The maximum atomic E-state index is 12.4. The van der Waals surface area contributed by atoms with E-state index in [2.05, 4.69) is 20.6 Å². The zero-order valence-electron chi connectivity index (χ0n) is 14.4. The number of fused-ring (bicyclic) bond motifs is 1. The number of alkyl halides is 1. The quantitative estimate of drug-likeness (QED) is 0.705. The summed E-state index contributed by atoms with van der Waals surface area (Å²) in [5, 5.41) is 13.5. The lowest BCUT2D eigenvalue weighted by atomic mass is 9.88. The second-order valence-electron chi connectivity index (χ2n) is 6.88. The van der Waals surface area contributed by atoms with E-state index in [1.165, 1.54) is 0 Å². The Morgan fingerprint density at radius 1 is 1.19 bits per heavy atom. The van der Waals surface area contributed by atoms with Crippen LogP contribution < -0.4 is 4.74 Å². The van der Waals surface area contributed by atoms with Gasteiger partial charge >= 0.3 is 0 Å². The number of ether oxygens (including phenoxy) is 1. The minimum atomic E-state index is -0.590. The largest absolute Gasteiger partial charge is 0.489 e. The Bertz CT molecular complexity index is 952. The standard InChI is InChI=1S/C19H17ClN4O2/c1-19(2)16(20)15-9-13(7-8-14(15)17(19)25)26-10-11-3-5-12(6-4-11)18-21-23-24-22-18/h3-9,16H,10H2,1-2H3,(H,21,22,23,24). The normalized spacial score (nSPS) is 18.0. The van der Waals surface area contributed by atoms with Crippen molar-refractivity contribution in [3.05, 3.63) is 59.2 Å². The summed E-state index contributed by atoms with van der Waals surface area (Å²) in [5.74, 6) is 1.33. The van der Waals surface area contributed by atoms with Crippen LogP contribution in [0.4, 0.5) is 0 Å². The van der Waals surface area contributed by atoms with Crippen LogP contribution in [0.25, 0.3) is 11.4 Å². The van der Waals surface area contributed by atoms with Gasteiger partial charge in [0.25, 0.3) is 0 Å². The molecule has 0 radical (unpaired) electrons. The molecule has 0 saturated heterocycles. The zero-order chi connectivity index (χ0) is 18.3. The first kappa shape index (κ1) is 16.7. The fraction of sp³-hybridized carbons (Fsp3) is 0.263. The Balaban J connectivity index is 1.48. The number of Topliss-reactive ketones (excluding diaryl/α,β-unsaturated/α-hetero) is 1. The van der Waals surface area contributed by atoms with Gasteiger partial charge in [-0.2, -0.15) is 5.21 Å². The zero-order valence-corrected chi connectivity index (χ0v) is 15.1. The topological polar surface area (TPSA) is 80.8 Å². The predicted molar refractivity (Wildman–Crippen MR) is 97.1 cm³/mol. The van der Waals surface area contributed by atoms with E-state index in [4.69, 9.17) is 16.3 Å². The van der Waals surface area contributed by atoms with Gasteiger partial charge in [-0.1, -0.05) is 38.1 Å². The van der Waals surface area contributed by atoms with Gasteiger partial charge in [0, 0.05) is 16.5 Å². The van der Waals surface area contributed by atoms with E-state index < -0.39 is 5.41 Å². The van der Waals surface area contributed by atoms with Gasteiger partial charge < -0.3 is 4.74 Å². The summed E-state index contributed by atoms with van der Waals surface area (Å²) in [4.78, 5) is 12.4. The van der Waals surface area contributed by atoms with E-state index >= 15 is 0 Å². The van der Waals surface area contributed by atoms with E-state index in [9.17, 15) is 4.79 Å². The number of hydrogen-bond donors (Lipinski definition) is 1. The number of nitrogens with zero attached hydrogens (tertiary/aromatic N) is 3. The predicted octanol–water partition coefficient (Wildman–Crippen LogP) is 3.95. The van der Waals surface area contributed by atoms with Crippen molar-refractivity contribution in [1.82, 2.24) is 20.6 Å². The Labute approximate surface area is 155 Å². The molecule has 0 bridgehead atoms. The third-order valence-electron chi connectivity index (χ3n) is 4.72. The van der Waals surface area contributed by atoms with Gasteiger partial charge in [-0.3, -0.25) is 4.79 Å². The van der Waals surface area contributed by atoms with Crippen LogP contribution in [-0.4, -0.2) is 26.4 Å². The minimum absolute atomic E-state index is 0.0797. The van der Waals surface area contributed by atoms with Crippen LogP contribution in [0.5, 0.6) is 5.75 Å². The van der Waals surface area contributed by atoms with Crippen molar-refractivity contribution in [1.29, 1.82) is 0 Å². The summed E-state index contributed by atoms with van der Waals surface area (Å²) in [6.45, 7) is 4.16. The molecule has 6 nitrogen and oxygen atoms in total. The number of ketones is 1. The molecule has 132 valence electrons. The number of nitrogens with one attached hydrogen (secondary N) is 1. The van der Waals surface area contributed by atoms with Crippen LogP contribution in [0.1, 0.15) is 40.7 Å². The molecule has 1 heterocycles. The van der Waals surface area contributed by atoms with Crippen LogP contribution in [0, 0.1) is 5.41 Å². The third kappa shape index (κ3) is 2.76. The maximum absolute atomic E-state index is 12.4. The van der Waals surface area contributed by atoms with Crippen LogP contribution >= 0.6 is 11.6 Å². The van der Waals surface area contributed by atoms with E-state index in [1.54, 1.807) is 6.07 Å². The molecule has 1 N–H and O–H groups in total. The van der Waals surface area contributed by atoms with Crippen molar-refractivity contribution in [2.75, 3.05) is 0 Å². The van der Waals surface area contributed by atoms with E-state index in [0.29, 0.717) is 23.7 Å². The molecule has 7 heteroatoms. The average molecular weight is 369 g/mol. The van der Waals surface area contributed by atoms with Crippen LogP contribution in [0.2, 0.25) is 0 Å². The summed E-state index contributed by atoms with van der Waals surface area (Å²) in [5.41, 5.74) is 2.83. The number of hydrogen-bond acceptors (Lipinski definition) is 5. The molecule has 1 unspecified atom stereocenters. The van der Waals surface area contributed by atoms with Crippen LogP contribution in [-0.2, 0) is 6.61 Å². The molecule has 1 aromatic heterocycles. The van der Waals surface area contributed by atoms with Crippen LogP contribution in [0.3, 0.4) is 0 Å². The van der Waals surface area contributed by atoms with E-state index in [-0.39, 0.29) is 11.2 Å². The molecule has 0 aliphatic heterocycles. The molecule has 0 fully saturated rings. The summed E-state index contributed by atoms with van der Waals surface area (Å²) in [6.07, 6.45) is 0. The summed E-state index contributed by atoms with van der Waals surface area (Å²) in [6, 6.07) is 13.2. The maximum Gasteiger partial charge on any atom is 0.204 e. The second kappa shape index (κ2) is 6.21. The van der Waals surface area contributed by atoms with Gasteiger partial charge in [0.2, 0.25) is 5.82 Å². The molecular weight excluding hydrogens is 352 g/mol. The molecule has 1 aliphatic rings. The number of tetrazole rings is 1. The Morgan fingerprint density at radius 2 is 1.96 bits per heavy atom. The number of benzene rings is 2. The fourth-order valence-corrected chi connectivity index (χ4v) is 3.38. The van der Waals surface area contributed by atoms with Crippen molar-refractivity contribution < 1.29 is 9.53 Å². The molecule has 4 rings (SSSR count). The first-order valence-electron chi connectivity index (χ1n) is 8.25. The number of carbonyl (C=O) groups excluding carboxylic acids is 1. The highest BCUT2D eigenvalue weighted by atomic mass is 35.5. The van der Waals surface area contributed by atoms with Gasteiger partial charge in [0.05, 0.1) is 5.38 Å². The number of H-pyrrole nitrogens is 1. The second-order valence-corrected chi connectivity index (χ2v) is 7.32.